The Bertz CT molecular complexity index is 774. The van der Waals surface area contributed by atoms with Crippen LogP contribution in [0.15, 0.2) is 36.4 Å². The zero-order chi connectivity index (χ0) is 17.8. The van der Waals surface area contributed by atoms with E-state index in [0.717, 1.165) is 18.8 Å². The second-order valence-electron chi connectivity index (χ2n) is 6.02. The Morgan fingerprint density at radius 1 is 1.04 bits per heavy atom. The van der Waals surface area contributed by atoms with E-state index in [1.807, 2.05) is 12.1 Å². The van der Waals surface area contributed by atoms with Gasteiger partial charge in [0.2, 0.25) is 0 Å². The molecule has 1 fully saturated rings. The minimum Gasteiger partial charge on any atom is -0.495 e. The molecule has 3 rings (SSSR count). The summed E-state index contributed by atoms with van der Waals surface area (Å²) in [5.74, 6) is 0.290. The van der Waals surface area contributed by atoms with Crippen LogP contribution in [0.3, 0.4) is 0 Å². The van der Waals surface area contributed by atoms with E-state index in [4.69, 9.17) is 27.9 Å². The monoisotopic (exact) mass is 378 g/mol. The van der Waals surface area contributed by atoms with Crippen LogP contribution in [0, 0.1) is 0 Å². The quantitative estimate of drug-likeness (QED) is 0.790. The summed E-state index contributed by atoms with van der Waals surface area (Å²) in [7, 11) is 1.53. The molecule has 25 heavy (non-hydrogen) atoms. The van der Waals surface area contributed by atoms with Crippen LogP contribution in [-0.4, -0.2) is 26.1 Å². The lowest BCUT2D eigenvalue weighted by molar-refractivity contribution is 0.102. The molecule has 2 aromatic rings. The average Bonchev–Trinajstić information content (AvgIpc) is 2.62. The van der Waals surface area contributed by atoms with Gasteiger partial charge in [0.25, 0.3) is 5.91 Å². The van der Waals surface area contributed by atoms with Gasteiger partial charge in [-0.05, 0) is 55.7 Å². The SMILES string of the molecule is COc1ccc(C(=O)Nc2ccc(N3CCCCC3)c(Cl)c2)cc1Cl. The summed E-state index contributed by atoms with van der Waals surface area (Å²) in [6.45, 7) is 2.05. The van der Waals surface area contributed by atoms with Gasteiger partial charge in [-0.2, -0.15) is 0 Å². The van der Waals surface area contributed by atoms with Gasteiger partial charge in [-0.15, -0.1) is 0 Å². The second-order valence-corrected chi connectivity index (χ2v) is 6.83. The zero-order valence-corrected chi connectivity index (χ0v) is 15.5. The highest BCUT2D eigenvalue weighted by Crippen LogP contribution is 2.31. The van der Waals surface area contributed by atoms with E-state index < -0.39 is 0 Å². The van der Waals surface area contributed by atoms with E-state index >= 15 is 0 Å². The number of ether oxygens (including phenoxy) is 1. The fraction of sp³-hybridized carbons (Fsp3) is 0.316. The minimum absolute atomic E-state index is 0.244. The number of hydrogen-bond acceptors (Lipinski definition) is 3. The molecular weight excluding hydrogens is 359 g/mol. The largest absolute Gasteiger partial charge is 0.495 e. The van der Waals surface area contributed by atoms with Gasteiger partial charge in [0.05, 0.1) is 22.8 Å². The van der Waals surface area contributed by atoms with E-state index in [1.165, 1.54) is 26.4 Å². The molecule has 6 heteroatoms. The molecule has 132 valence electrons. The highest BCUT2D eigenvalue weighted by atomic mass is 35.5. The number of carbonyl (C=O) groups is 1. The van der Waals surface area contributed by atoms with Crippen molar-refractivity contribution in [1.82, 2.24) is 0 Å². The molecule has 0 aromatic heterocycles. The van der Waals surface area contributed by atoms with E-state index in [-0.39, 0.29) is 5.91 Å². The first-order chi connectivity index (χ1) is 12.1. The third-order valence-electron chi connectivity index (χ3n) is 4.32. The van der Waals surface area contributed by atoms with Crippen molar-refractivity contribution in [2.45, 2.75) is 19.3 Å². The number of carbonyl (C=O) groups excluding carboxylic acids is 1. The average molecular weight is 379 g/mol. The van der Waals surface area contributed by atoms with Crippen LogP contribution in [0.4, 0.5) is 11.4 Å². The Balaban J connectivity index is 1.73. The third-order valence-corrected chi connectivity index (χ3v) is 4.91. The van der Waals surface area contributed by atoms with E-state index in [2.05, 4.69) is 10.2 Å². The summed E-state index contributed by atoms with van der Waals surface area (Å²) in [5, 5.41) is 3.90. The molecule has 0 spiro atoms. The number of benzene rings is 2. The molecule has 1 amide bonds. The maximum absolute atomic E-state index is 12.4. The molecule has 2 aromatic carbocycles. The Morgan fingerprint density at radius 3 is 2.44 bits per heavy atom. The van der Waals surface area contributed by atoms with Gasteiger partial charge in [-0.25, -0.2) is 0 Å². The number of methoxy groups -OCH3 is 1. The van der Waals surface area contributed by atoms with Crippen LogP contribution in [0.25, 0.3) is 0 Å². The summed E-state index contributed by atoms with van der Waals surface area (Å²) >= 11 is 12.5. The van der Waals surface area contributed by atoms with Crippen LogP contribution in [-0.2, 0) is 0 Å². The van der Waals surface area contributed by atoms with Crippen molar-refractivity contribution in [1.29, 1.82) is 0 Å². The molecule has 1 saturated heterocycles. The lowest BCUT2D eigenvalue weighted by Crippen LogP contribution is -2.29. The van der Waals surface area contributed by atoms with Gasteiger partial charge in [-0.3, -0.25) is 4.79 Å². The predicted molar refractivity (Wildman–Crippen MR) is 103 cm³/mol. The fourth-order valence-electron chi connectivity index (χ4n) is 2.99. The molecule has 0 atom stereocenters. The smallest absolute Gasteiger partial charge is 0.255 e. The fourth-order valence-corrected chi connectivity index (χ4v) is 3.54. The number of anilines is 2. The van der Waals surface area contributed by atoms with Gasteiger partial charge in [-0.1, -0.05) is 23.2 Å². The Hall–Kier alpha value is -1.91. The molecule has 1 N–H and O–H groups in total. The van der Waals surface area contributed by atoms with E-state index in [9.17, 15) is 4.79 Å². The number of nitrogens with zero attached hydrogens (tertiary/aromatic N) is 1. The van der Waals surface area contributed by atoms with Gasteiger partial charge in [0.1, 0.15) is 5.75 Å². The summed E-state index contributed by atoms with van der Waals surface area (Å²) in [6.07, 6.45) is 3.65. The van der Waals surface area contributed by atoms with Gasteiger partial charge >= 0.3 is 0 Å². The molecule has 1 aliphatic rings. The van der Waals surface area contributed by atoms with Crippen molar-refractivity contribution in [3.63, 3.8) is 0 Å². The Labute approximate surface area is 157 Å². The predicted octanol–water partition coefficient (Wildman–Crippen LogP) is 5.24. The molecule has 0 unspecified atom stereocenters. The van der Waals surface area contributed by atoms with Crippen molar-refractivity contribution in [2.75, 3.05) is 30.4 Å². The summed E-state index contributed by atoms with van der Waals surface area (Å²) in [4.78, 5) is 14.7. The molecule has 0 aliphatic carbocycles. The number of hydrogen-bond donors (Lipinski definition) is 1. The van der Waals surface area contributed by atoms with E-state index in [0.29, 0.717) is 27.0 Å². The Morgan fingerprint density at radius 2 is 1.80 bits per heavy atom. The highest BCUT2D eigenvalue weighted by Gasteiger charge is 2.15. The maximum Gasteiger partial charge on any atom is 0.255 e. The number of nitrogens with one attached hydrogen (secondary N) is 1. The normalized spacial score (nSPS) is 14.3. The van der Waals surface area contributed by atoms with Crippen molar-refractivity contribution in [3.8, 4) is 5.75 Å². The number of piperidine rings is 1. The zero-order valence-electron chi connectivity index (χ0n) is 14.0. The number of rotatable bonds is 4. The maximum atomic E-state index is 12.4. The summed E-state index contributed by atoms with van der Waals surface area (Å²) in [5.41, 5.74) is 2.14. The standard InChI is InChI=1S/C19H20Cl2N2O2/c1-25-18-8-5-13(11-16(18)21)19(24)22-14-6-7-17(15(20)12-14)23-9-3-2-4-10-23/h5-8,11-12H,2-4,9-10H2,1H3,(H,22,24). The van der Waals surface area contributed by atoms with Gasteiger partial charge in [0.15, 0.2) is 0 Å². The van der Waals surface area contributed by atoms with E-state index in [1.54, 1.807) is 24.3 Å². The molecule has 1 aliphatic heterocycles. The second kappa shape index (κ2) is 7.98. The van der Waals surface area contributed by atoms with Crippen LogP contribution in [0.2, 0.25) is 10.0 Å². The number of amides is 1. The first-order valence-corrected chi connectivity index (χ1v) is 9.03. The molecule has 1 heterocycles. The lowest BCUT2D eigenvalue weighted by Gasteiger charge is -2.29. The molecule has 4 nitrogen and oxygen atoms in total. The van der Waals surface area contributed by atoms with Crippen molar-refractivity contribution in [2.24, 2.45) is 0 Å². The third kappa shape index (κ3) is 4.20. The molecular formula is C19H20Cl2N2O2. The van der Waals surface area contributed by atoms with Crippen LogP contribution < -0.4 is 15.0 Å². The summed E-state index contributed by atoms with van der Waals surface area (Å²) < 4.78 is 5.10. The van der Waals surface area contributed by atoms with Crippen molar-refractivity contribution < 1.29 is 9.53 Å². The topological polar surface area (TPSA) is 41.6 Å². The number of halogens is 2. The lowest BCUT2D eigenvalue weighted by atomic mass is 10.1. The highest BCUT2D eigenvalue weighted by molar-refractivity contribution is 6.34. The molecule has 0 radical (unpaired) electrons. The molecule has 0 bridgehead atoms. The van der Waals surface area contributed by atoms with Crippen LogP contribution in [0.5, 0.6) is 5.75 Å². The Kier molecular flexibility index (Phi) is 5.71. The van der Waals surface area contributed by atoms with Gasteiger partial charge in [0, 0.05) is 24.3 Å². The minimum atomic E-state index is -0.244. The molecule has 0 saturated carbocycles. The van der Waals surface area contributed by atoms with Crippen LogP contribution in [0.1, 0.15) is 29.6 Å². The van der Waals surface area contributed by atoms with Crippen LogP contribution >= 0.6 is 23.2 Å². The van der Waals surface area contributed by atoms with Gasteiger partial charge < -0.3 is 15.0 Å². The van der Waals surface area contributed by atoms with Crippen molar-refractivity contribution >= 4 is 40.5 Å². The first-order valence-electron chi connectivity index (χ1n) is 8.28. The first kappa shape index (κ1) is 17.9. The van der Waals surface area contributed by atoms with Crippen molar-refractivity contribution in [3.05, 3.63) is 52.0 Å². The summed E-state index contributed by atoms with van der Waals surface area (Å²) in [6, 6.07) is 10.5.